The second-order valence-corrected chi connectivity index (χ2v) is 9.08. The molecule has 0 aliphatic heterocycles. The number of para-hydroxylation sites is 1. The Bertz CT molecular complexity index is 725. The number of rotatable bonds is 6. The second-order valence-electron chi connectivity index (χ2n) is 4.98. The molecule has 0 saturated heterocycles. The predicted octanol–water partition coefficient (Wildman–Crippen LogP) is 3.56. The van der Waals surface area contributed by atoms with Crippen molar-refractivity contribution in [1.82, 2.24) is 5.32 Å². The maximum absolute atomic E-state index is 12.4. The molecular weight excluding hydrogens is 372 g/mol. The van der Waals surface area contributed by atoms with Gasteiger partial charge in [0.2, 0.25) is 0 Å². The maximum atomic E-state index is 12.4. The van der Waals surface area contributed by atoms with Crippen LogP contribution in [0.3, 0.4) is 0 Å². The predicted molar refractivity (Wildman–Crippen MR) is 89.1 cm³/mol. The van der Waals surface area contributed by atoms with E-state index >= 15 is 0 Å². The van der Waals surface area contributed by atoms with Crippen molar-refractivity contribution in [3.05, 3.63) is 45.1 Å². The zero-order valence-corrected chi connectivity index (χ0v) is 14.4. The van der Waals surface area contributed by atoms with Crippen LogP contribution in [-0.4, -0.2) is 14.5 Å². The quantitative estimate of drug-likeness (QED) is 0.797. The van der Waals surface area contributed by atoms with Crippen molar-refractivity contribution in [2.75, 3.05) is 4.72 Å². The third-order valence-electron chi connectivity index (χ3n) is 3.16. The standard InChI is InChI=1S/C14H15BrN2O2S2/c15-14-13(8-12(20-14)9-16-10-6-7-10)21(18,19)17-11-4-2-1-3-5-11/h1-5,8,10,16-17H,6-7,9H2. The summed E-state index contributed by atoms with van der Waals surface area (Å²) in [6.07, 6.45) is 2.43. The van der Waals surface area contributed by atoms with Gasteiger partial charge in [-0.3, -0.25) is 4.72 Å². The zero-order valence-electron chi connectivity index (χ0n) is 11.2. The number of anilines is 1. The summed E-state index contributed by atoms with van der Waals surface area (Å²) < 4.78 is 28.1. The minimum Gasteiger partial charge on any atom is -0.309 e. The lowest BCUT2D eigenvalue weighted by Gasteiger charge is -2.06. The van der Waals surface area contributed by atoms with Crippen molar-refractivity contribution in [1.29, 1.82) is 0 Å². The van der Waals surface area contributed by atoms with Gasteiger partial charge in [0, 0.05) is 23.2 Å². The van der Waals surface area contributed by atoms with Gasteiger partial charge in [0.05, 0.1) is 3.79 Å². The van der Waals surface area contributed by atoms with Gasteiger partial charge in [-0.15, -0.1) is 11.3 Å². The smallest absolute Gasteiger partial charge is 0.263 e. The summed E-state index contributed by atoms with van der Waals surface area (Å²) in [5.74, 6) is 0. The van der Waals surface area contributed by atoms with Gasteiger partial charge in [-0.1, -0.05) is 18.2 Å². The SMILES string of the molecule is O=S(=O)(Nc1ccccc1)c1cc(CNC2CC2)sc1Br. The van der Waals surface area contributed by atoms with Crippen LogP contribution in [-0.2, 0) is 16.6 Å². The number of hydrogen-bond acceptors (Lipinski definition) is 4. The van der Waals surface area contributed by atoms with E-state index in [1.807, 2.05) is 6.07 Å². The highest BCUT2D eigenvalue weighted by Gasteiger charge is 2.23. The Kier molecular flexibility index (Phi) is 4.35. The zero-order chi connectivity index (χ0) is 14.9. The van der Waals surface area contributed by atoms with Crippen LogP contribution in [0.15, 0.2) is 45.1 Å². The van der Waals surface area contributed by atoms with Crippen LogP contribution in [0.25, 0.3) is 0 Å². The first-order valence-electron chi connectivity index (χ1n) is 6.64. The van der Waals surface area contributed by atoms with Gasteiger partial charge >= 0.3 is 0 Å². The third kappa shape index (κ3) is 3.85. The molecule has 1 aliphatic carbocycles. The van der Waals surface area contributed by atoms with E-state index in [9.17, 15) is 8.42 Å². The average molecular weight is 387 g/mol. The fourth-order valence-electron chi connectivity index (χ4n) is 1.92. The van der Waals surface area contributed by atoms with E-state index < -0.39 is 10.0 Å². The highest BCUT2D eigenvalue weighted by molar-refractivity contribution is 9.11. The van der Waals surface area contributed by atoms with E-state index in [0.717, 1.165) is 11.4 Å². The van der Waals surface area contributed by atoms with Crippen molar-refractivity contribution in [2.24, 2.45) is 0 Å². The molecule has 1 aromatic carbocycles. The van der Waals surface area contributed by atoms with Crippen LogP contribution in [0.1, 0.15) is 17.7 Å². The highest BCUT2D eigenvalue weighted by Crippen LogP contribution is 2.33. The van der Waals surface area contributed by atoms with Gasteiger partial charge in [0.15, 0.2) is 0 Å². The lowest BCUT2D eigenvalue weighted by molar-refractivity contribution is 0.601. The van der Waals surface area contributed by atoms with Crippen molar-refractivity contribution < 1.29 is 8.42 Å². The Morgan fingerprint density at radius 3 is 2.62 bits per heavy atom. The van der Waals surface area contributed by atoms with Crippen LogP contribution in [0, 0.1) is 0 Å². The molecule has 1 saturated carbocycles. The van der Waals surface area contributed by atoms with Crippen molar-refractivity contribution in [3.8, 4) is 0 Å². The Labute approximate surface area is 136 Å². The molecular formula is C14H15BrN2O2S2. The van der Waals surface area contributed by atoms with Crippen molar-refractivity contribution >= 4 is 43.0 Å². The van der Waals surface area contributed by atoms with E-state index in [4.69, 9.17) is 0 Å². The number of sulfonamides is 1. The summed E-state index contributed by atoms with van der Waals surface area (Å²) in [5, 5.41) is 3.39. The second kappa shape index (κ2) is 6.08. The van der Waals surface area contributed by atoms with E-state index in [2.05, 4.69) is 26.0 Å². The molecule has 112 valence electrons. The average Bonchev–Trinajstić information content (AvgIpc) is 3.19. The number of thiophene rings is 1. The number of benzene rings is 1. The molecule has 2 aromatic rings. The summed E-state index contributed by atoms with van der Waals surface area (Å²) in [6.45, 7) is 0.717. The minimum absolute atomic E-state index is 0.295. The van der Waals surface area contributed by atoms with Crippen LogP contribution in [0.2, 0.25) is 0 Å². The molecule has 7 heteroatoms. The molecule has 0 bridgehead atoms. The monoisotopic (exact) mass is 386 g/mol. The van der Waals surface area contributed by atoms with Gasteiger partial charge in [0.1, 0.15) is 4.90 Å². The number of halogens is 1. The number of hydrogen-bond donors (Lipinski definition) is 2. The van der Waals surface area contributed by atoms with Gasteiger partial charge < -0.3 is 5.32 Å². The molecule has 1 heterocycles. The Hall–Kier alpha value is -0.890. The molecule has 2 N–H and O–H groups in total. The van der Waals surface area contributed by atoms with Gasteiger partial charge in [0.25, 0.3) is 10.0 Å². The summed E-state index contributed by atoms with van der Waals surface area (Å²) in [6, 6.07) is 11.2. The molecule has 21 heavy (non-hydrogen) atoms. The molecule has 1 aliphatic rings. The largest absolute Gasteiger partial charge is 0.309 e. The molecule has 1 aromatic heterocycles. The lowest BCUT2D eigenvalue weighted by Crippen LogP contribution is -2.14. The van der Waals surface area contributed by atoms with Crippen molar-refractivity contribution in [2.45, 2.75) is 30.3 Å². The molecule has 0 unspecified atom stereocenters. The molecule has 3 rings (SSSR count). The topological polar surface area (TPSA) is 58.2 Å². The Morgan fingerprint density at radius 1 is 1.24 bits per heavy atom. The molecule has 4 nitrogen and oxygen atoms in total. The van der Waals surface area contributed by atoms with Crippen LogP contribution >= 0.6 is 27.3 Å². The maximum Gasteiger partial charge on any atom is 0.263 e. The third-order valence-corrected chi connectivity index (χ3v) is 6.80. The molecule has 0 spiro atoms. The van der Waals surface area contributed by atoms with Crippen LogP contribution in [0.5, 0.6) is 0 Å². The van der Waals surface area contributed by atoms with Gasteiger partial charge in [-0.2, -0.15) is 0 Å². The molecule has 1 fully saturated rings. The van der Waals surface area contributed by atoms with Crippen LogP contribution in [0.4, 0.5) is 5.69 Å². The van der Waals surface area contributed by atoms with E-state index in [-0.39, 0.29) is 0 Å². The van der Waals surface area contributed by atoms with Crippen LogP contribution < -0.4 is 10.0 Å². The van der Waals surface area contributed by atoms with Crippen molar-refractivity contribution in [3.63, 3.8) is 0 Å². The highest BCUT2D eigenvalue weighted by atomic mass is 79.9. The summed E-state index contributed by atoms with van der Waals surface area (Å²) in [5.41, 5.74) is 0.563. The molecule has 0 atom stereocenters. The van der Waals surface area contributed by atoms with E-state index in [0.29, 0.717) is 20.4 Å². The summed E-state index contributed by atoms with van der Waals surface area (Å²) in [4.78, 5) is 1.31. The fraction of sp³-hybridized carbons (Fsp3) is 0.286. The first kappa shape index (κ1) is 15.0. The summed E-state index contributed by atoms with van der Waals surface area (Å²) >= 11 is 4.82. The Balaban J connectivity index is 1.77. The number of nitrogens with one attached hydrogen (secondary N) is 2. The first-order valence-corrected chi connectivity index (χ1v) is 9.73. The minimum atomic E-state index is -3.56. The molecule has 0 radical (unpaired) electrons. The Morgan fingerprint density at radius 2 is 1.95 bits per heavy atom. The summed E-state index contributed by atoms with van der Waals surface area (Å²) in [7, 11) is -3.56. The van der Waals surface area contributed by atoms with Gasteiger partial charge in [-0.05, 0) is 47.0 Å². The lowest BCUT2D eigenvalue weighted by atomic mass is 10.3. The van der Waals surface area contributed by atoms with E-state index in [1.165, 1.54) is 24.2 Å². The normalized spacial score (nSPS) is 15.1. The first-order chi connectivity index (χ1) is 10.0. The molecule has 0 amide bonds. The van der Waals surface area contributed by atoms with Gasteiger partial charge in [-0.25, -0.2) is 8.42 Å². The fourth-order valence-corrected chi connectivity index (χ4v) is 5.61. The van der Waals surface area contributed by atoms with E-state index in [1.54, 1.807) is 30.3 Å².